The van der Waals surface area contributed by atoms with Gasteiger partial charge in [0.05, 0.1) is 19.0 Å². The molecule has 1 aliphatic rings. The number of halogens is 1. The van der Waals surface area contributed by atoms with Gasteiger partial charge in [-0.3, -0.25) is 4.57 Å². The summed E-state index contributed by atoms with van der Waals surface area (Å²) in [5, 5.41) is 9.52. The van der Waals surface area contributed by atoms with E-state index in [2.05, 4.69) is 101 Å². The molecule has 0 N–H and O–H groups in total. The Morgan fingerprint density at radius 3 is 2.20 bits per heavy atom. The van der Waals surface area contributed by atoms with Gasteiger partial charge in [0, 0.05) is 6.42 Å². The van der Waals surface area contributed by atoms with Gasteiger partial charge in [-0.25, -0.2) is 4.98 Å². The van der Waals surface area contributed by atoms with Crippen molar-refractivity contribution in [1.82, 2.24) is 9.55 Å². The van der Waals surface area contributed by atoms with Crippen LogP contribution in [0.3, 0.4) is 0 Å². The third kappa shape index (κ3) is 5.56. The van der Waals surface area contributed by atoms with E-state index in [0.29, 0.717) is 12.3 Å². The van der Waals surface area contributed by atoms with Gasteiger partial charge in [-0.2, -0.15) is 5.26 Å². The Labute approximate surface area is 198 Å². The Morgan fingerprint density at radius 1 is 1.17 bits per heavy atom. The second-order valence-corrected chi connectivity index (χ2v) is 21.8. The lowest BCUT2D eigenvalue weighted by Gasteiger charge is -2.40. The van der Waals surface area contributed by atoms with Crippen LogP contribution < -0.4 is 0 Å². The fourth-order valence-electron chi connectivity index (χ4n) is 2.83. The van der Waals surface area contributed by atoms with Gasteiger partial charge < -0.3 is 13.6 Å². The molecule has 1 saturated heterocycles. The fraction of sp³-hybridized carbons (Fsp3) is 0.810. The molecule has 6 nitrogen and oxygen atoms in total. The summed E-state index contributed by atoms with van der Waals surface area (Å²) in [7, 11) is -3.87. The molecule has 1 aromatic heterocycles. The van der Waals surface area contributed by atoms with Crippen LogP contribution in [-0.4, -0.2) is 45.0 Å². The monoisotopic (exact) mass is 563 g/mol. The molecule has 1 aliphatic heterocycles. The molecule has 2 rings (SSSR count). The summed E-state index contributed by atoms with van der Waals surface area (Å²) in [6.07, 6.45) is 2.06. The largest absolute Gasteiger partial charge is 0.414 e. The zero-order valence-corrected chi connectivity index (χ0v) is 24.3. The minimum absolute atomic E-state index is 0.0376. The molecule has 0 radical (unpaired) electrons. The Bertz CT molecular complexity index is 791. The molecule has 0 spiro atoms. The molecule has 30 heavy (non-hydrogen) atoms. The number of imidazole rings is 1. The van der Waals surface area contributed by atoms with Crippen LogP contribution in [-0.2, 0) is 13.6 Å². The Balaban J connectivity index is 2.26. The highest BCUT2D eigenvalue weighted by molar-refractivity contribution is 14.1. The van der Waals surface area contributed by atoms with E-state index < -0.39 is 16.6 Å². The van der Waals surface area contributed by atoms with Crippen molar-refractivity contribution in [3.8, 4) is 6.07 Å². The lowest BCUT2D eigenvalue weighted by Crippen LogP contribution is -2.48. The zero-order valence-electron chi connectivity index (χ0n) is 20.2. The normalized spacial score (nSPS) is 23.6. The minimum atomic E-state index is -1.97. The average Bonchev–Trinajstić information content (AvgIpc) is 3.13. The van der Waals surface area contributed by atoms with E-state index in [4.69, 9.17) is 13.6 Å². The van der Waals surface area contributed by atoms with Crippen LogP contribution in [0.4, 0.5) is 0 Å². The third-order valence-corrected chi connectivity index (χ3v) is 17.1. The zero-order chi connectivity index (χ0) is 23.1. The first kappa shape index (κ1) is 26.0. The van der Waals surface area contributed by atoms with E-state index >= 15 is 0 Å². The van der Waals surface area contributed by atoms with E-state index in [1.807, 2.05) is 4.57 Å². The minimum Gasteiger partial charge on any atom is -0.414 e. The summed E-state index contributed by atoms with van der Waals surface area (Å²) in [5.74, 6) is 0. The fourth-order valence-corrected chi connectivity index (χ4v) is 5.90. The van der Waals surface area contributed by atoms with Gasteiger partial charge in [0.1, 0.15) is 22.1 Å². The quantitative estimate of drug-likeness (QED) is 0.311. The summed E-state index contributed by atoms with van der Waals surface area (Å²) in [6, 6.07) is 2.14. The van der Waals surface area contributed by atoms with Gasteiger partial charge in [-0.05, 0) is 58.9 Å². The molecule has 0 bridgehead atoms. The molecular weight excluding hydrogens is 525 g/mol. The molecule has 1 fully saturated rings. The number of nitriles is 1. The highest BCUT2D eigenvalue weighted by Gasteiger charge is 2.46. The second kappa shape index (κ2) is 8.94. The van der Waals surface area contributed by atoms with Crippen molar-refractivity contribution in [3.63, 3.8) is 0 Å². The van der Waals surface area contributed by atoms with Crippen LogP contribution in [0.1, 0.15) is 59.9 Å². The van der Waals surface area contributed by atoms with Gasteiger partial charge >= 0.3 is 0 Å². The Kier molecular flexibility index (Phi) is 7.75. The molecule has 0 amide bonds. The van der Waals surface area contributed by atoms with Crippen LogP contribution in [0.25, 0.3) is 0 Å². The van der Waals surface area contributed by atoms with Gasteiger partial charge in [0.25, 0.3) is 0 Å². The van der Waals surface area contributed by atoms with Crippen molar-refractivity contribution in [1.29, 1.82) is 5.26 Å². The summed E-state index contributed by atoms with van der Waals surface area (Å²) < 4.78 is 22.5. The summed E-state index contributed by atoms with van der Waals surface area (Å²) in [5.41, 5.74) is 0.432. The predicted octanol–water partition coefficient (Wildman–Crippen LogP) is 6.06. The van der Waals surface area contributed by atoms with E-state index in [1.54, 1.807) is 6.33 Å². The standard InChI is InChI=1S/C21H38IN3O3Si2/c1-20(2,3)29(7,8)26-13-17-16(28-30(9,10)21(4,5)6)11-18(27-17)25-14-24-15(12-23)19(25)22/h14,16-18H,11,13H2,1-10H3/t16-,17+,18+/m0/s1. The van der Waals surface area contributed by atoms with Gasteiger partial charge in [-0.1, -0.05) is 41.5 Å². The summed E-state index contributed by atoms with van der Waals surface area (Å²) >= 11 is 2.17. The van der Waals surface area contributed by atoms with Crippen molar-refractivity contribution in [2.45, 2.75) is 103 Å². The number of ether oxygens (including phenoxy) is 1. The van der Waals surface area contributed by atoms with Crippen LogP contribution in [0.2, 0.25) is 36.3 Å². The first-order valence-corrected chi connectivity index (χ1v) is 17.5. The van der Waals surface area contributed by atoms with E-state index in [-0.39, 0.29) is 28.5 Å². The molecule has 1 aromatic rings. The van der Waals surface area contributed by atoms with Gasteiger partial charge in [0.15, 0.2) is 22.3 Å². The van der Waals surface area contributed by atoms with E-state index in [1.165, 1.54) is 0 Å². The van der Waals surface area contributed by atoms with Crippen molar-refractivity contribution in [2.24, 2.45) is 0 Å². The number of nitrogens with zero attached hydrogens (tertiary/aromatic N) is 3. The maximum absolute atomic E-state index is 9.26. The molecular formula is C21H38IN3O3Si2. The SMILES string of the molecule is CC(C)(C)[Si](C)(C)OC[C@H]1O[C@@H](n2cnc(C#N)c2I)C[C@@H]1O[Si](C)(C)C(C)(C)C. The van der Waals surface area contributed by atoms with Crippen LogP contribution >= 0.6 is 22.6 Å². The van der Waals surface area contributed by atoms with Crippen molar-refractivity contribution < 1.29 is 13.6 Å². The predicted molar refractivity (Wildman–Crippen MR) is 133 cm³/mol. The van der Waals surface area contributed by atoms with Gasteiger partial charge in [-0.15, -0.1) is 0 Å². The third-order valence-electron chi connectivity index (χ3n) is 7.00. The summed E-state index contributed by atoms with van der Waals surface area (Å²) in [4.78, 5) is 4.22. The smallest absolute Gasteiger partial charge is 0.192 e. The lowest BCUT2D eigenvalue weighted by molar-refractivity contribution is -0.0404. The molecule has 170 valence electrons. The molecule has 0 unspecified atom stereocenters. The second-order valence-electron chi connectivity index (χ2n) is 11.3. The molecule has 9 heteroatoms. The van der Waals surface area contributed by atoms with Crippen LogP contribution in [0.15, 0.2) is 6.33 Å². The van der Waals surface area contributed by atoms with Crippen molar-refractivity contribution in [3.05, 3.63) is 15.7 Å². The number of rotatable bonds is 6. The van der Waals surface area contributed by atoms with Crippen molar-refractivity contribution >= 4 is 39.2 Å². The maximum Gasteiger partial charge on any atom is 0.192 e. The number of aromatic nitrogens is 2. The van der Waals surface area contributed by atoms with Crippen LogP contribution in [0.5, 0.6) is 0 Å². The van der Waals surface area contributed by atoms with E-state index in [9.17, 15) is 5.26 Å². The first-order chi connectivity index (χ1) is 13.5. The van der Waals surface area contributed by atoms with Crippen molar-refractivity contribution in [2.75, 3.05) is 6.61 Å². The lowest BCUT2D eigenvalue weighted by atomic mass is 10.2. The number of hydrogen-bond acceptors (Lipinski definition) is 5. The first-order valence-electron chi connectivity index (χ1n) is 10.6. The van der Waals surface area contributed by atoms with Gasteiger partial charge in [0.2, 0.25) is 0 Å². The molecule has 0 aliphatic carbocycles. The number of hydrogen-bond donors (Lipinski definition) is 0. The molecule has 2 heterocycles. The maximum atomic E-state index is 9.26. The highest BCUT2D eigenvalue weighted by Crippen LogP contribution is 2.42. The molecule has 0 aromatic carbocycles. The Hall–Kier alpha value is -0.256. The molecule has 3 atom stereocenters. The Morgan fingerprint density at radius 2 is 1.73 bits per heavy atom. The average molecular weight is 564 g/mol. The van der Waals surface area contributed by atoms with Crippen LogP contribution in [0, 0.1) is 15.0 Å². The highest BCUT2D eigenvalue weighted by atomic mass is 127. The topological polar surface area (TPSA) is 69.3 Å². The summed E-state index contributed by atoms with van der Waals surface area (Å²) in [6.45, 7) is 23.1. The molecule has 0 saturated carbocycles. The van der Waals surface area contributed by atoms with E-state index in [0.717, 1.165) is 10.1 Å².